The summed E-state index contributed by atoms with van der Waals surface area (Å²) in [4.78, 5) is 36.0. The van der Waals surface area contributed by atoms with Crippen molar-refractivity contribution in [3.8, 4) is 11.8 Å². The molecule has 3 aromatic rings. The van der Waals surface area contributed by atoms with Crippen LogP contribution in [0.15, 0.2) is 39.3 Å². The summed E-state index contributed by atoms with van der Waals surface area (Å²) in [6.07, 6.45) is 1.11. The third-order valence-electron chi connectivity index (χ3n) is 4.74. The molecule has 0 fully saturated rings. The zero-order valence-electron chi connectivity index (χ0n) is 24.9. The van der Waals surface area contributed by atoms with E-state index in [-0.39, 0.29) is 23.3 Å². The summed E-state index contributed by atoms with van der Waals surface area (Å²) in [6, 6.07) is 10.2. The van der Waals surface area contributed by atoms with Crippen molar-refractivity contribution in [2.24, 2.45) is 0 Å². The highest BCUT2D eigenvalue weighted by molar-refractivity contribution is 9.11. The molecule has 2 amide bonds. The molecule has 238 valence electrons. The Kier molecular flexibility index (Phi) is 18.0. The fraction of sp³-hybridized carbons (Fsp3) is 0.357. The summed E-state index contributed by atoms with van der Waals surface area (Å²) in [5, 5.41) is 18.5. The number of amides is 2. The molecule has 11 nitrogen and oxygen atoms in total. The third-order valence-corrected chi connectivity index (χ3v) is 6.82. The van der Waals surface area contributed by atoms with Gasteiger partial charge in [0.25, 0.3) is 0 Å². The van der Waals surface area contributed by atoms with E-state index in [2.05, 4.69) is 62.8 Å². The van der Waals surface area contributed by atoms with Crippen LogP contribution in [0.1, 0.15) is 46.1 Å². The summed E-state index contributed by atoms with van der Waals surface area (Å²) < 4.78 is 6.35. The van der Waals surface area contributed by atoms with E-state index >= 15 is 0 Å². The SMILES string of the molecule is CCCC(=O)Oc1c(Br)cc(C#N)cc1Br.CCNc1nc(Cl)nc(NC(C)C)n1.CN(C)C(=O)Nc1ccc(Cl)c(Cl)c1. The summed E-state index contributed by atoms with van der Waals surface area (Å²) in [7, 11) is 3.32. The maximum absolute atomic E-state index is 11.3. The molecule has 3 rings (SSSR count). The van der Waals surface area contributed by atoms with Crippen molar-refractivity contribution in [2.45, 2.75) is 46.6 Å². The van der Waals surface area contributed by atoms with Crippen LogP contribution >= 0.6 is 66.7 Å². The number of esters is 1. The minimum atomic E-state index is -0.284. The van der Waals surface area contributed by atoms with Crippen molar-refractivity contribution in [3.63, 3.8) is 0 Å². The Balaban J connectivity index is 0.000000331. The van der Waals surface area contributed by atoms with Crippen LogP contribution in [0.4, 0.5) is 22.4 Å². The van der Waals surface area contributed by atoms with Crippen molar-refractivity contribution >= 4 is 96.2 Å². The smallest absolute Gasteiger partial charge is 0.321 e. The van der Waals surface area contributed by atoms with Gasteiger partial charge in [-0.2, -0.15) is 20.2 Å². The largest absolute Gasteiger partial charge is 0.424 e. The number of anilines is 3. The van der Waals surface area contributed by atoms with E-state index in [1.807, 2.05) is 33.8 Å². The zero-order chi connectivity index (χ0) is 33.4. The van der Waals surface area contributed by atoms with Gasteiger partial charge in [-0.05, 0) is 101 Å². The molecule has 0 aliphatic heterocycles. The van der Waals surface area contributed by atoms with E-state index in [4.69, 9.17) is 44.8 Å². The number of benzene rings is 2. The number of ether oxygens (including phenoxy) is 1. The van der Waals surface area contributed by atoms with E-state index < -0.39 is 0 Å². The monoisotopic (exact) mass is 792 g/mol. The van der Waals surface area contributed by atoms with Crippen LogP contribution in [0.3, 0.4) is 0 Å². The Labute approximate surface area is 289 Å². The zero-order valence-corrected chi connectivity index (χ0v) is 30.4. The Hall–Kier alpha value is -2.89. The lowest BCUT2D eigenvalue weighted by atomic mass is 10.2. The maximum atomic E-state index is 11.3. The number of urea groups is 1. The van der Waals surface area contributed by atoms with Gasteiger partial charge in [0.1, 0.15) is 0 Å². The first-order valence-electron chi connectivity index (χ1n) is 13.2. The lowest BCUT2D eigenvalue weighted by Crippen LogP contribution is -2.27. The van der Waals surface area contributed by atoms with Crippen molar-refractivity contribution < 1.29 is 14.3 Å². The molecule has 1 aromatic heterocycles. The molecule has 0 aliphatic carbocycles. The van der Waals surface area contributed by atoms with Gasteiger partial charge in [0.2, 0.25) is 17.2 Å². The number of hydrogen-bond acceptors (Lipinski definition) is 9. The number of rotatable bonds is 8. The number of halogens is 5. The highest BCUT2D eigenvalue weighted by Gasteiger charge is 2.13. The number of hydrogen-bond donors (Lipinski definition) is 3. The van der Waals surface area contributed by atoms with Crippen molar-refractivity contribution in [1.82, 2.24) is 19.9 Å². The third kappa shape index (κ3) is 14.7. The molecule has 0 saturated carbocycles. The van der Waals surface area contributed by atoms with Crippen LogP contribution in [0.25, 0.3) is 0 Å². The van der Waals surface area contributed by atoms with Crippen LogP contribution in [-0.2, 0) is 4.79 Å². The normalized spacial score (nSPS) is 9.89. The molecule has 0 atom stereocenters. The first-order chi connectivity index (χ1) is 20.7. The predicted molar refractivity (Wildman–Crippen MR) is 184 cm³/mol. The Bertz CT molecular complexity index is 1430. The Morgan fingerprint density at radius 1 is 1.00 bits per heavy atom. The summed E-state index contributed by atoms with van der Waals surface area (Å²) in [5.74, 6) is 1.12. The van der Waals surface area contributed by atoms with E-state index in [1.165, 1.54) is 4.90 Å². The second-order valence-corrected chi connectivity index (χ2v) is 12.0. The van der Waals surface area contributed by atoms with Crippen LogP contribution in [0, 0.1) is 11.3 Å². The lowest BCUT2D eigenvalue weighted by molar-refractivity contribution is -0.134. The van der Waals surface area contributed by atoms with Crippen LogP contribution < -0.4 is 20.7 Å². The number of nitriles is 1. The summed E-state index contributed by atoms with van der Waals surface area (Å²) >= 11 is 23.8. The van der Waals surface area contributed by atoms with E-state index in [1.54, 1.807) is 44.4 Å². The molecule has 3 N–H and O–H groups in total. The second kappa shape index (κ2) is 20.2. The minimum absolute atomic E-state index is 0.194. The Morgan fingerprint density at radius 2 is 1.61 bits per heavy atom. The highest BCUT2D eigenvalue weighted by Crippen LogP contribution is 2.35. The molecule has 0 aliphatic rings. The van der Waals surface area contributed by atoms with Crippen molar-refractivity contribution in [1.29, 1.82) is 5.26 Å². The van der Waals surface area contributed by atoms with Gasteiger partial charge in [-0.3, -0.25) is 4.79 Å². The number of aromatic nitrogens is 3. The molecule has 0 radical (unpaired) electrons. The fourth-order valence-corrected chi connectivity index (χ4v) is 4.62. The molecule has 0 saturated heterocycles. The molecule has 0 spiro atoms. The topological polar surface area (TPSA) is 145 Å². The molecule has 44 heavy (non-hydrogen) atoms. The molecule has 0 bridgehead atoms. The van der Waals surface area contributed by atoms with Gasteiger partial charge in [0, 0.05) is 38.8 Å². The number of nitrogens with one attached hydrogen (secondary N) is 3. The predicted octanol–water partition coefficient (Wildman–Crippen LogP) is 8.65. The van der Waals surface area contributed by atoms with E-state index in [9.17, 15) is 9.59 Å². The van der Waals surface area contributed by atoms with Gasteiger partial charge >= 0.3 is 12.0 Å². The average Bonchev–Trinajstić information content (AvgIpc) is 2.93. The molecular formula is C28H33Br2Cl3N8O3. The van der Waals surface area contributed by atoms with Gasteiger partial charge in [-0.25, -0.2) is 4.79 Å². The quantitative estimate of drug-likeness (QED) is 0.151. The summed E-state index contributed by atoms with van der Waals surface area (Å²) in [6.45, 7) is 8.63. The van der Waals surface area contributed by atoms with Gasteiger partial charge in [-0.1, -0.05) is 30.1 Å². The van der Waals surface area contributed by atoms with Crippen LogP contribution in [0.2, 0.25) is 15.3 Å². The standard InChI is InChI=1S/C11H9Br2NO2.C9H10Cl2N2O.C8H14ClN5/c1-2-3-10(15)16-11-8(12)4-7(6-14)5-9(11)13;1-13(2)9(14)12-6-3-4-7(10)8(11)5-6;1-4-10-7-12-6(9)13-8(14-7)11-5(2)3/h4-5H,2-3H2,1H3;3-5H,1-2H3,(H,12,14);5H,4H2,1-3H3,(H2,10,11,12,13,14). The first kappa shape index (κ1) is 39.1. The number of carbonyl (C=O) groups is 2. The number of carbonyl (C=O) groups excluding carboxylic acids is 2. The second-order valence-electron chi connectivity index (χ2n) is 9.14. The van der Waals surface area contributed by atoms with E-state index in [0.717, 1.165) is 13.0 Å². The minimum Gasteiger partial charge on any atom is -0.424 e. The lowest BCUT2D eigenvalue weighted by Gasteiger charge is -2.12. The van der Waals surface area contributed by atoms with Gasteiger partial charge < -0.3 is 25.6 Å². The Morgan fingerprint density at radius 3 is 2.11 bits per heavy atom. The molecule has 1 heterocycles. The van der Waals surface area contributed by atoms with Gasteiger partial charge in [0.05, 0.1) is 30.6 Å². The van der Waals surface area contributed by atoms with Gasteiger partial charge in [-0.15, -0.1) is 0 Å². The molecule has 16 heteroatoms. The van der Waals surface area contributed by atoms with Crippen LogP contribution in [-0.4, -0.2) is 58.5 Å². The highest BCUT2D eigenvalue weighted by atomic mass is 79.9. The van der Waals surface area contributed by atoms with Crippen molar-refractivity contribution in [2.75, 3.05) is 36.6 Å². The van der Waals surface area contributed by atoms with E-state index in [0.29, 0.717) is 54.3 Å². The van der Waals surface area contributed by atoms with Crippen LogP contribution in [0.5, 0.6) is 5.75 Å². The fourth-order valence-electron chi connectivity index (χ4n) is 2.81. The summed E-state index contributed by atoms with van der Waals surface area (Å²) in [5.41, 5.74) is 1.12. The van der Waals surface area contributed by atoms with Gasteiger partial charge in [0.15, 0.2) is 5.75 Å². The maximum Gasteiger partial charge on any atom is 0.321 e. The molecule has 0 unspecified atom stereocenters. The molecular weight excluding hydrogens is 763 g/mol. The number of nitrogens with zero attached hydrogens (tertiary/aromatic N) is 5. The van der Waals surface area contributed by atoms with Crippen molar-refractivity contribution in [3.05, 3.63) is 60.2 Å². The first-order valence-corrected chi connectivity index (χ1v) is 15.9. The molecule has 2 aromatic carbocycles. The average molecular weight is 796 g/mol.